The SMILES string of the molecule is C[C@@H]1Sc2ccc(C(=O)O[C@H](C)c3nc(C4CC4)no3)cc2NC1=O. The molecule has 1 aromatic heterocycles. The number of amides is 1. The molecule has 2 aliphatic rings. The van der Waals surface area contributed by atoms with Crippen LogP contribution in [0.5, 0.6) is 0 Å². The van der Waals surface area contributed by atoms with Gasteiger partial charge in [-0.1, -0.05) is 5.16 Å². The highest BCUT2D eigenvalue weighted by molar-refractivity contribution is 8.00. The Morgan fingerprint density at radius 1 is 1.44 bits per heavy atom. The molecule has 0 bridgehead atoms. The van der Waals surface area contributed by atoms with Crippen molar-refractivity contribution in [3.63, 3.8) is 0 Å². The summed E-state index contributed by atoms with van der Waals surface area (Å²) < 4.78 is 10.6. The summed E-state index contributed by atoms with van der Waals surface area (Å²) in [5.74, 6) is 0.783. The fraction of sp³-hybridized carbons (Fsp3) is 0.412. The summed E-state index contributed by atoms with van der Waals surface area (Å²) in [6.45, 7) is 3.53. The summed E-state index contributed by atoms with van der Waals surface area (Å²) in [4.78, 5) is 29.4. The molecule has 1 N–H and O–H groups in total. The van der Waals surface area contributed by atoms with Gasteiger partial charge in [-0.25, -0.2) is 4.79 Å². The van der Waals surface area contributed by atoms with E-state index in [2.05, 4.69) is 15.5 Å². The number of carbonyl (C=O) groups excluding carboxylic acids is 2. The van der Waals surface area contributed by atoms with Gasteiger partial charge in [0.2, 0.25) is 5.91 Å². The number of thioether (sulfide) groups is 1. The normalized spacial score (nSPS) is 20.6. The molecular formula is C17H17N3O4S. The summed E-state index contributed by atoms with van der Waals surface area (Å²) in [7, 11) is 0. The van der Waals surface area contributed by atoms with Crippen molar-refractivity contribution in [3.8, 4) is 0 Å². The highest BCUT2D eigenvalue weighted by Gasteiger charge is 2.30. The monoisotopic (exact) mass is 359 g/mol. The van der Waals surface area contributed by atoms with Crippen molar-refractivity contribution in [2.75, 3.05) is 5.32 Å². The number of rotatable bonds is 4. The molecule has 130 valence electrons. The van der Waals surface area contributed by atoms with Gasteiger partial charge in [-0.05, 0) is 44.9 Å². The first-order valence-corrected chi connectivity index (χ1v) is 9.05. The van der Waals surface area contributed by atoms with E-state index in [1.54, 1.807) is 19.1 Å². The Morgan fingerprint density at radius 3 is 3.00 bits per heavy atom. The second-order valence-electron chi connectivity index (χ2n) is 6.27. The summed E-state index contributed by atoms with van der Waals surface area (Å²) in [5.41, 5.74) is 0.993. The van der Waals surface area contributed by atoms with Crippen LogP contribution in [-0.4, -0.2) is 27.3 Å². The van der Waals surface area contributed by atoms with Gasteiger partial charge in [0.25, 0.3) is 5.89 Å². The molecule has 25 heavy (non-hydrogen) atoms. The van der Waals surface area contributed by atoms with Crippen LogP contribution in [0.15, 0.2) is 27.6 Å². The maximum atomic E-state index is 12.4. The van der Waals surface area contributed by atoms with Crippen molar-refractivity contribution in [3.05, 3.63) is 35.5 Å². The van der Waals surface area contributed by atoms with Gasteiger partial charge in [-0.15, -0.1) is 11.8 Å². The lowest BCUT2D eigenvalue weighted by molar-refractivity contribution is -0.115. The largest absolute Gasteiger partial charge is 0.449 e. The average molecular weight is 359 g/mol. The first-order valence-electron chi connectivity index (χ1n) is 8.17. The first-order chi connectivity index (χ1) is 12.0. The Labute approximate surface area is 148 Å². The average Bonchev–Trinajstić information content (AvgIpc) is 3.32. The zero-order valence-electron chi connectivity index (χ0n) is 13.8. The number of anilines is 1. The maximum Gasteiger partial charge on any atom is 0.338 e. The van der Waals surface area contributed by atoms with Crippen LogP contribution >= 0.6 is 11.8 Å². The summed E-state index contributed by atoms with van der Waals surface area (Å²) in [6, 6.07) is 5.13. The zero-order valence-corrected chi connectivity index (χ0v) is 14.6. The van der Waals surface area contributed by atoms with E-state index in [0.717, 1.165) is 17.7 Å². The lowest BCUT2D eigenvalue weighted by atomic mass is 10.2. The molecule has 1 saturated carbocycles. The standard InChI is InChI=1S/C17H17N3O4S/c1-8(16-19-14(20-24-16)10-3-4-10)23-17(22)11-5-6-13-12(7-11)18-15(21)9(2)25-13/h5-10H,3-4H2,1-2H3,(H,18,21)/t8-,9+/m1/s1. The van der Waals surface area contributed by atoms with Crippen molar-refractivity contribution in [1.82, 2.24) is 10.1 Å². The number of esters is 1. The van der Waals surface area contributed by atoms with E-state index in [9.17, 15) is 9.59 Å². The van der Waals surface area contributed by atoms with Gasteiger partial charge >= 0.3 is 5.97 Å². The lowest BCUT2D eigenvalue weighted by Crippen LogP contribution is -2.26. The van der Waals surface area contributed by atoms with Crippen LogP contribution in [-0.2, 0) is 9.53 Å². The Balaban J connectivity index is 1.47. The van der Waals surface area contributed by atoms with Crippen molar-refractivity contribution in [2.45, 2.75) is 48.9 Å². The van der Waals surface area contributed by atoms with E-state index in [1.807, 2.05) is 13.0 Å². The van der Waals surface area contributed by atoms with Crippen LogP contribution in [0.25, 0.3) is 0 Å². The molecule has 7 nitrogen and oxygen atoms in total. The zero-order chi connectivity index (χ0) is 17.6. The molecule has 1 aliphatic heterocycles. The minimum atomic E-state index is -0.632. The summed E-state index contributed by atoms with van der Waals surface area (Å²) in [5, 5.41) is 6.58. The van der Waals surface area contributed by atoms with Crippen LogP contribution < -0.4 is 5.32 Å². The number of nitrogens with one attached hydrogen (secondary N) is 1. The first kappa shape index (κ1) is 16.1. The van der Waals surface area contributed by atoms with Gasteiger partial charge in [0.15, 0.2) is 11.9 Å². The van der Waals surface area contributed by atoms with Gasteiger partial charge in [-0.2, -0.15) is 4.98 Å². The number of carbonyl (C=O) groups is 2. The highest BCUT2D eigenvalue weighted by atomic mass is 32.2. The third kappa shape index (κ3) is 3.26. The smallest absolute Gasteiger partial charge is 0.338 e. The van der Waals surface area contributed by atoms with Crippen LogP contribution in [0.3, 0.4) is 0 Å². The van der Waals surface area contributed by atoms with E-state index < -0.39 is 12.1 Å². The van der Waals surface area contributed by atoms with Gasteiger partial charge in [0.1, 0.15) is 0 Å². The highest BCUT2D eigenvalue weighted by Crippen LogP contribution is 2.39. The van der Waals surface area contributed by atoms with Crippen LogP contribution in [0.2, 0.25) is 0 Å². The summed E-state index contributed by atoms with van der Waals surface area (Å²) >= 11 is 1.47. The van der Waals surface area contributed by atoms with Crippen LogP contribution in [0.4, 0.5) is 5.69 Å². The van der Waals surface area contributed by atoms with Crippen molar-refractivity contribution in [2.24, 2.45) is 0 Å². The molecule has 0 radical (unpaired) electrons. The predicted molar refractivity (Wildman–Crippen MR) is 90.5 cm³/mol. The fourth-order valence-corrected chi connectivity index (χ4v) is 3.46. The lowest BCUT2D eigenvalue weighted by Gasteiger charge is -2.21. The Bertz CT molecular complexity index is 846. The minimum absolute atomic E-state index is 0.0742. The molecule has 1 fully saturated rings. The molecule has 4 rings (SSSR count). The van der Waals surface area contributed by atoms with Gasteiger partial charge in [0.05, 0.1) is 16.5 Å². The number of nitrogens with zero attached hydrogens (tertiary/aromatic N) is 2. The number of hydrogen-bond acceptors (Lipinski definition) is 7. The predicted octanol–water partition coefficient (Wildman–Crippen LogP) is 3.30. The number of hydrogen-bond donors (Lipinski definition) is 1. The fourth-order valence-electron chi connectivity index (χ4n) is 2.53. The minimum Gasteiger partial charge on any atom is -0.449 e. The number of aromatic nitrogens is 2. The van der Waals surface area contributed by atoms with E-state index in [4.69, 9.17) is 9.26 Å². The number of benzene rings is 1. The Kier molecular flexibility index (Phi) is 3.99. The van der Waals surface area contributed by atoms with E-state index in [1.165, 1.54) is 11.8 Å². The van der Waals surface area contributed by atoms with E-state index in [-0.39, 0.29) is 11.2 Å². The van der Waals surface area contributed by atoms with Gasteiger partial charge < -0.3 is 14.6 Å². The molecule has 1 aromatic carbocycles. The molecule has 0 saturated heterocycles. The third-order valence-electron chi connectivity index (χ3n) is 4.18. The van der Waals surface area contributed by atoms with Crippen molar-refractivity contribution in [1.29, 1.82) is 0 Å². The molecule has 1 aliphatic carbocycles. The molecule has 0 spiro atoms. The molecule has 1 amide bonds. The second kappa shape index (κ2) is 6.18. The Morgan fingerprint density at radius 2 is 2.24 bits per heavy atom. The number of ether oxygens (including phenoxy) is 1. The summed E-state index contributed by atoms with van der Waals surface area (Å²) in [6.07, 6.45) is 1.52. The van der Waals surface area contributed by atoms with Gasteiger partial charge in [-0.3, -0.25) is 4.79 Å². The van der Waals surface area contributed by atoms with Crippen molar-refractivity contribution >= 4 is 29.3 Å². The molecule has 2 atom stereocenters. The molecule has 2 heterocycles. The second-order valence-corrected chi connectivity index (χ2v) is 7.66. The molecule has 8 heteroatoms. The van der Waals surface area contributed by atoms with Gasteiger partial charge in [0, 0.05) is 10.8 Å². The molecule has 2 aromatic rings. The van der Waals surface area contributed by atoms with Crippen molar-refractivity contribution < 1.29 is 18.8 Å². The molecular weight excluding hydrogens is 342 g/mol. The third-order valence-corrected chi connectivity index (χ3v) is 5.36. The van der Waals surface area contributed by atoms with Crippen LogP contribution in [0.1, 0.15) is 60.8 Å². The number of fused-ring (bicyclic) bond motifs is 1. The molecule has 0 unspecified atom stereocenters. The Hall–Kier alpha value is -2.35. The van der Waals surface area contributed by atoms with E-state index in [0.29, 0.717) is 28.9 Å². The maximum absolute atomic E-state index is 12.4. The van der Waals surface area contributed by atoms with E-state index >= 15 is 0 Å². The van der Waals surface area contributed by atoms with Crippen LogP contribution in [0, 0.1) is 0 Å². The topological polar surface area (TPSA) is 94.3 Å². The quantitative estimate of drug-likeness (QED) is 0.837.